The van der Waals surface area contributed by atoms with Gasteiger partial charge in [-0.2, -0.15) is 0 Å². The summed E-state index contributed by atoms with van der Waals surface area (Å²) in [6, 6.07) is 15.3. The van der Waals surface area contributed by atoms with Gasteiger partial charge in [0.25, 0.3) is 0 Å². The number of aliphatic carboxylic acids is 1. The fourth-order valence-corrected chi connectivity index (χ4v) is 3.11. The number of benzene rings is 2. The summed E-state index contributed by atoms with van der Waals surface area (Å²) in [6.45, 7) is 3.80. The van der Waals surface area contributed by atoms with Crippen LogP contribution < -0.4 is 0 Å². The molecule has 0 bridgehead atoms. The van der Waals surface area contributed by atoms with Crippen molar-refractivity contribution < 1.29 is 15.0 Å². The molecule has 0 aliphatic carbocycles. The van der Waals surface area contributed by atoms with Crippen molar-refractivity contribution in [1.29, 1.82) is 0 Å². The average molecular weight is 314 g/mol. The number of phenolic OH excluding ortho intramolecular Hbond substituents is 1. The summed E-state index contributed by atoms with van der Waals surface area (Å²) >= 11 is 1.57. The highest BCUT2D eigenvalue weighted by atomic mass is 32.2. The first-order chi connectivity index (χ1) is 10.5. The van der Waals surface area contributed by atoms with Crippen LogP contribution in [0.25, 0.3) is 5.57 Å². The number of aromatic hydroxyl groups is 1. The van der Waals surface area contributed by atoms with E-state index in [1.165, 1.54) is 5.56 Å². The second kappa shape index (κ2) is 7.18. The Morgan fingerprint density at radius 1 is 1.18 bits per heavy atom. The molecule has 0 aliphatic rings. The van der Waals surface area contributed by atoms with Crippen molar-refractivity contribution >= 4 is 23.3 Å². The molecule has 22 heavy (non-hydrogen) atoms. The Morgan fingerprint density at radius 2 is 1.86 bits per heavy atom. The molecule has 0 spiro atoms. The van der Waals surface area contributed by atoms with Crippen molar-refractivity contribution in [2.45, 2.75) is 24.0 Å². The molecule has 4 heteroatoms. The minimum atomic E-state index is -0.992. The summed E-state index contributed by atoms with van der Waals surface area (Å²) in [5.74, 6) is -0.823. The third-order valence-corrected chi connectivity index (χ3v) is 4.55. The minimum absolute atomic E-state index is 0.170. The van der Waals surface area contributed by atoms with Gasteiger partial charge in [-0.05, 0) is 42.7 Å². The van der Waals surface area contributed by atoms with Crippen LogP contribution in [0.2, 0.25) is 0 Å². The van der Waals surface area contributed by atoms with Gasteiger partial charge in [-0.1, -0.05) is 36.4 Å². The molecular weight excluding hydrogens is 296 g/mol. The molecular formula is C18H18O3S. The maximum absolute atomic E-state index is 10.7. The van der Waals surface area contributed by atoms with Crippen molar-refractivity contribution in [1.82, 2.24) is 0 Å². The molecule has 1 unspecified atom stereocenters. The van der Waals surface area contributed by atoms with E-state index in [9.17, 15) is 9.90 Å². The summed E-state index contributed by atoms with van der Waals surface area (Å²) in [7, 11) is 0. The molecule has 0 saturated carbocycles. The van der Waals surface area contributed by atoms with Crippen molar-refractivity contribution in [3.05, 3.63) is 65.7 Å². The second-order valence-electron chi connectivity index (χ2n) is 5.02. The molecule has 2 aromatic rings. The Hall–Kier alpha value is -2.20. The number of carboxylic acid groups (broad SMARTS) is 1. The van der Waals surface area contributed by atoms with Crippen LogP contribution in [-0.4, -0.2) is 16.2 Å². The Bertz CT molecular complexity index is 693. The van der Waals surface area contributed by atoms with Crippen molar-refractivity contribution in [2.75, 3.05) is 0 Å². The predicted octanol–water partition coefficient (Wildman–Crippen LogP) is 4.73. The van der Waals surface area contributed by atoms with Gasteiger partial charge in [0.2, 0.25) is 0 Å². The minimum Gasteiger partial charge on any atom is -0.507 e. The second-order valence-corrected chi connectivity index (χ2v) is 6.40. The molecule has 1 atom stereocenters. The Morgan fingerprint density at radius 3 is 2.45 bits per heavy atom. The van der Waals surface area contributed by atoms with Crippen LogP contribution in [0.5, 0.6) is 5.75 Å². The SMILES string of the molecule is C/C(=C\C(=O)O)c1ccc(SC(C)c2ccccc2)c(O)c1. The van der Waals surface area contributed by atoms with Crippen LogP contribution in [0.1, 0.15) is 30.2 Å². The first kappa shape index (κ1) is 16.2. The van der Waals surface area contributed by atoms with Crippen molar-refractivity contribution in [2.24, 2.45) is 0 Å². The van der Waals surface area contributed by atoms with E-state index in [1.54, 1.807) is 24.8 Å². The summed E-state index contributed by atoms with van der Waals surface area (Å²) in [6.07, 6.45) is 1.13. The standard InChI is InChI=1S/C18H18O3S/c1-12(10-18(20)21)15-8-9-17(16(19)11-15)22-13(2)14-6-4-3-5-7-14/h3-11,13,19H,1-2H3,(H,20,21)/b12-10+. The molecule has 3 nitrogen and oxygen atoms in total. The molecule has 0 aromatic heterocycles. The Kier molecular flexibility index (Phi) is 5.28. The van der Waals surface area contributed by atoms with Crippen LogP contribution in [0, 0.1) is 0 Å². The van der Waals surface area contributed by atoms with Gasteiger partial charge in [-0.15, -0.1) is 11.8 Å². The zero-order valence-electron chi connectivity index (χ0n) is 12.5. The topological polar surface area (TPSA) is 57.5 Å². The molecule has 114 valence electrons. The Labute approximate surface area is 134 Å². The molecule has 2 N–H and O–H groups in total. The first-order valence-electron chi connectivity index (χ1n) is 6.93. The monoisotopic (exact) mass is 314 g/mol. The largest absolute Gasteiger partial charge is 0.507 e. The summed E-state index contributed by atoms with van der Waals surface area (Å²) in [5.41, 5.74) is 2.50. The predicted molar refractivity (Wildman–Crippen MR) is 90.1 cm³/mol. The van der Waals surface area contributed by atoms with Crippen LogP contribution in [0.3, 0.4) is 0 Å². The van der Waals surface area contributed by atoms with Gasteiger partial charge in [0.05, 0.1) is 0 Å². The highest BCUT2D eigenvalue weighted by Crippen LogP contribution is 2.40. The number of carbonyl (C=O) groups is 1. The molecule has 2 aromatic carbocycles. The van der Waals surface area contributed by atoms with Gasteiger partial charge < -0.3 is 10.2 Å². The van der Waals surface area contributed by atoms with Crippen LogP contribution in [0.4, 0.5) is 0 Å². The number of phenols is 1. The lowest BCUT2D eigenvalue weighted by atomic mass is 10.1. The van der Waals surface area contributed by atoms with E-state index in [0.717, 1.165) is 11.0 Å². The van der Waals surface area contributed by atoms with Gasteiger partial charge >= 0.3 is 5.97 Å². The number of hydrogen-bond donors (Lipinski definition) is 2. The zero-order chi connectivity index (χ0) is 16.1. The third-order valence-electron chi connectivity index (χ3n) is 3.33. The van der Waals surface area contributed by atoms with E-state index in [-0.39, 0.29) is 11.0 Å². The highest BCUT2D eigenvalue weighted by Gasteiger charge is 2.11. The number of thioether (sulfide) groups is 1. The maximum atomic E-state index is 10.7. The Balaban J connectivity index is 2.18. The van der Waals surface area contributed by atoms with E-state index in [4.69, 9.17) is 5.11 Å². The number of carboxylic acids is 1. The molecule has 0 amide bonds. The molecule has 0 heterocycles. The first-order valence-corrected chi connectivity index (χ1v) is 7.81. The van der Waals surface area contributed by atoms with Gasteiger partial charge in [0, 0.05) is 16.2 Å². The van der Waals surface area contributed by atoms with Crippen molar-refractivity contribution in [3.8, 4) is 5.75 Å². The summed E-state index contributed by atoms with van der Waals surface area (Å²) in [5, 5.41) is 19.2. The van der Waals surface area contributed by atoms with Gasteiger partial charge in [-0.3, -0.25) is 0 Å². The number of allylic oxidation sites excluding steroid dienone is 1. The lowest BCUT2D eigenvalue weighted by molar-refractivity contribution is -0.131. The molecule has 0 radical (unpaired) electrons. The smallest absolute Gasteiger partial charge is 0.328 e. The summed E-state index contributed by atoms with van der Waals surface area (Å²) in [4.78, 5) is 11.5. The third kappa shape index (κ3) is 4.15. The van der Waals surface area contributed by atoms with E-state index < -0.39 is 5.97 Å². The van der Waals surface area contributed by atoms with E-state index in [1.807, 2.05) is 30.3 Å². The van der Waals surface area contributed by atoms with Gasteiger partial charge in [-0.25, -0.2) is 4.79 Å². The number of hydrogen-bond acceptors (Lipinski definition) is 3. The normalized spacial score (nSPS) is 12.9. The van der Waals surface area contributed by atoms with Gasteiger partial charge in [0.1, 0.15) is 5.75 Å². The molecule has 0 saturated heterocycles. The van der Waals surface area contributed by atoms with Crippen LogP contribution in [-0.2, 0) is 4.79 Å². The fraction of sp³-hybridized carbons (Fsp3) is 0.167. The average Bonchev–Trinajstić information content (AvgIpc) is 2.49. The lowest BCUT2D eigenvalue weighted by Gasteiger charge is -2.13. The maximum Gasteiger partial charge on any atom is 0.328 e. The van der Waals surface area contributed by atoms with Gasteiger partial charge in [0.15, 0.2) is 0 Å². The van der Waals surface area contributed by atoms with Crippen molar-refractivity contribution in [3.63, 3.8) is 0 Å². The highest BCUT2D eigenvalue weighted by molar-refractivity contribution is 7.99. The van der Waals surface area contributed by atoms with E-state index in [2.05, 4.69) is 19.1 Å². The van der Waals surface area contributed by atoms with E-state index in [0.29, 0.717) is 11.1 Å². The molecule has 0 fully saturated rings. The van der Waals surface area contributed by atoms with E-state index >= 15 is 0 Å². The lowest BCUT2D eigenvalue weighted by Crippen LogP contribution is -1.91. The number of rotatable bonds is 5. The molecule has 0 aliphatic heterocycles. The molecule has 2 rings (SSSR count). The van der Waals surface area contributed by atoms with Crippen LogP contribution in [0.15, 0.2) is 59.5 Å². The quantitative estimate of drug-likeness (QED) is 0.618. The fourth-order valence-electron chi connectivity index (χ4n) is 2.11. The van der Waals surface area contributed by atoms with Crippen LogP contribution >= 0.6 is 11.8 Å². The summed E-state index contributed by atoms with van der Waals surface area (Å²) < 4.78 is 0. The zero-order valence-corrected chi connectivity index (χ0v) is 13.3.